The number of likely N-dealkylation sites (N-methyl/N-ethyl adjacent to an activating group) is 1. The zero-order chi connectivity index (χ0) is 25.8. The fourth-order valence-electron chi connectivity index (χ4n) is 4.26. The molecular formula is C28H28ClN3O3S. The van der Waals surface area contributed by atoms with Crippen LogP contribution in [0.3, 0.4) is 0 Å². The average Bonchev–Trinajstić information content (AvgIpc) is 3.18. The van der Waals surface area contributed by atoms with E-state index in [0.29, 0.717) is 51.1 Å². The maximum atomic E-state index is 13.8. The number of nitrogens with zero attached hydrogens (tertiary/aromatic N) is 3. The topological polar surface area (TPSA) is 63.9 Å². The first kappa shape index (κ1) is 25.7. The molecule has 0 radical (unpaired) electrons. The number of carbonyl (C=O) groups excluding carboxylic acids is 1. The highest BCUT2D eigenvalue weighted by Crippen LogP contribution is 2.32. The molecule has 0 fully saturated rings. The van der Waals surface area contributed by atoms with Crippen LogP contribution in [0.1, 0.15) is 37.9 Å². The Labute approximate surface area is 219 Å². The van der Waals surface area contributed by atoms with E-state index < -0.39 is 6.04 Å². The Kier molecular flexibility index (Phi) is 7.91. The van der Waals surface area contributed by atoms with Crippen molar-refractivity contribution in [3.8, 4) is 5.75 Å². The molecule has 1 aliphatic heterocycles. The van der Waals surface area contributed by atoms with E-state index in [1.807, 2.05) is 63.2 Å². The lowest BCUT2D eigenvalue weighted by atomic mass is 9.94. The van der Waals surface area contributed by atoms with Gasteiger partial charge in [-0.15, -0.1) is 0 Å². The minimum Gasteiger partial charge on any atom is -0.489 e. The van der Waals surface area contributed by atoms with Crippen LogP contribution in [0.2, 0.25) is 5.02 Å². The molecule has 0 bridgehead atoms. The van der Waals surface area contributed by atoms with E-state index in [9.17, 15) is 9.59 Å². The number of rotatable bonds is 8. The number of para-hydroxylation sites is 1. The lowest BCUT2D eigenvalue weighted by Gasteiger charge is -2.29. The van der Waals surface area contributed by atoms with Gasteiger partial charge in [0.1, 0.15) is 12.4 Å². The molecule has 1 aromatic heterocycles. The molecule has 6 nitrogen and oxygen atoms in total. The summed E-state index contributed by atoms with van der Waals surface area (Å²) in [5, 5.41) is 0.583. The summed E-state index contributed by atoms with van der Waals surface area (Å²) in [6.45, 7) is 10.9. The van der Waals surface area contributed by atoms with Gasteiger partial charge in [0.2, 0.25) is 0 Å². The van der Waals surface area contributed by atoms with E-state index in [2.05, 4.69) is 6.58 Å². The number of aromatic nitrogens is 1. The molecule has 2 heterocycles. The van der Waals surface area contributed by atoms with Crippen LogP contribution in [0.25, 0.3) is 6.08 Å². The molecule has 1 amide bonds. The molecule has 1 aliphatic rings. The summed E-state index contributed by atoms with van der Waals surface area (Å²) < 4.78 is 7.90. The van der Waals surface area contributed by atoms with Crippen molar-refractivity contribution in [2.24, 2.45) is 4.99 Å². The average molecular weight is 522 g/mol. The highest BCUT2D eigenvalue weighted by molar-refractivity contribution is 7.07. The lowest BCUT2D eigenvalue weighted by Crippen LogP contribution is -2.43. The predicted octanol–water partition coefficient (Wildman–Crippen LogP) is 4.32. The van der Waals surface area contributed by atoms with Gasteiger partial charge in [-0.3, -0.25) is 14.2 Å². The number of thiazole rings is 1. The van der Waals surface area contributed by atoms with Gasteiger partial charge < -0.3 is 9.64 Å². The van der Waals surface area contributed by atoms with Gasteiger partial charge in [0, 0.05) is 23.7 Å². The SMILES string of the molecule is C=CCOc1ccccc1/C=c1/sc2n(c1=O)[C@H](c1ccc(Cl)cc1)C(C(=O)N(CC)CC)=C(C)N=2. The Morgan fingerprint density at radius 1 is 1.19 bits per heavy atom. The smallest absolute Gasteiger partial charge is 0.271 e. The first-order valence-electron chi connectivity index (χ1n) is 11.8. The normalized spacial score (nSPS) is 15.3. The maximum Gasteiger partial charge on any atom is 0.271 e. The Hall–Kier alpha value is -3.42. The second-order valence-electron chi connectivity index (χ2n) is 8.25. The summed E-state index contributed by atoms with van der Waals surface area (Å²) in [6, 6.07) is 14.2. The standard InChI is InChI=1S/C28H28ClN3O3S/c1-5-16-35-22-11-9-8-10-20(22)17-23-26(33)32-25(19-12-14-21(29)15-13-19)24(18(4)30-28(32)36-23)27(34)31(6-2)7-3/h5,8-15,17,25H,1,6-7,16H2,2-4H3/b23-17+/t25-/m1/s1. The minimum atomic E-state index is -0.610. The van der Waals surface area contributed by atoms with Crippen molar-refractivity contribution in [3.05, 3.63) is 108 Å². The van der Waals surface area contributed by atoms with E-state index in [4.69, 9.17) is 21.3 Å². The van der Waals surface area contributed by atoms with Crippen molar-refractivity contribution in [2.75, 3.05) is 19.7 Å². The van der Waals surface area contributed by atoms with Crippen molar-refractivity contribution < 1.29 is 9.53 Å². The quantitative estimate of drug-likeness (QED) is 0.415. The van der Waals surface area contributed by atoms with Gasteiger partial charge in [-0.1, -0.05) is 65.9 Å². The predicted molar refractivity (Wildman–Crippen MR) is 145 cm³/mol. The number of hydrogen-bond donors (Lipinski definition) is 0. The van der Waals surface area contributed by atoms with Crippen molar-refractivity contribution in [3.63, 3.8) is 0 Å². The van der Waals surface area contributed by atoms with Crippen LogP contribution >= 0.6 is 22.9 Å². The van der Waals surface area contributed by atoms with E-state index in [-0.39, 0.29) is 11.5 Å². The first-order chi connectivity index (χ1) is 17.4. The van der Waals surface area contributed by atoms with Crippen molar-refractivity contribution >= 4 is 34.9 Å². The molecule has 2 aromatic carbocycles. The molecule has 0 unspecified atom stereocenters. The molecule has 0 saturated heterocycles. The van der Waals surface area contributed by atoms with Gasteiger partial charge in [0.25, 0.3) is 11.5 Å². The number of carbonyl (C=O) groups is 1. The minimum absolute atomic E-state index is 0.126. The summed E-state index contributed by atoms with van der Waals surface area (Å²) in [4.78, 5) is 34.5. The van der Waals surface area contributed by atoms with Gasteiger partial charge in [0.05, 0.1) is 21.8 Å². The van der Waals surface area contributed by atoms with Gasteiger partial charge in [0.15, 0.2) is 4.80 Å². The molecule has 0 saturated carbocycles. The molecule has 1 atom stereocenters. The van der Waals surface area contributed by atoms with Gasteiger partial charge in [-0.2, -0.15) is 0 Å². The zero-order valence-electron chi connectivity index (χ0n) is 20.5. The van der Waals surface area contributed by atoms with Gasteiger partial charge in [-0.25, -0.2) is 4.99 Å². The van der Waals surface area contributed by atoms with Crippen LogP contribution in [0, 0.1) is 0 Å². The van der Waals surface area contributed by atoms with Crippen LogP contribution in [-0.4, -0.2) is 35.1 Å². The van der Waals surface area contributed by atoms with Gasteiger partial charge >= 0.3 is 0 Å². The Morgan fingerprint density at radius 3 is 2.56 bits per heavy atom. The summed E-state index contributed by atoms with van der Waals surface area (Å²) in [6.07, 6.45) is 3.49. The van der Waals surface area contributed by atoms with Crippen LogP contribution in [0.4, 0.5) is 0 Å². The molecule has 0 aliphatic carbocycles. The zero-order valence-corrected chi connectivity index (χ0v) is 22.1. The van der Waals surface area contributed by atoms with Crippen molar-refractivity contribution in [1.82, 2.24) is 9.47 Å². The van der Waals surface area contributed by atoms with E-state index >= 15 is 0 Å². The maximum absolute atomic E-state index is 13.8. The van der Waals surface area contributed by atoms with Crippen LogP contribution < -0.4 is 19.6 Å². The summed E-state index contributed by atoms with van der Waals surface area (Å²) >= 11 is 7.45. The Bertz CT molecular complexity index is 1500. The number of allylic oxidation sites excluding steroid dienone is 1. The van der Waals surface area contributed by atoms with E-state index in [1.165, 1.54) is 11.3 Å². The fraction of sp³-hybridized carbons (Fsp3) is 0.250. The number of halogens is 1. The van der Waals surface area contributed by atoms with E-state index in [1.54, 1.807) is 27.7 Å². The largest absolute Gasteiger partial charge is 0.489 e. The third-order valence-corrected chi connectivity index (χ3v) is 7.29. The number of amides is 1. The Balaban J connectivity index is 1.93. The van der Waals surface area contributed by atoms with Crippen LogP contribution in [0.5, 0.6) is 5.75 Å². The van der Waals surface area contributed by atoms with Gasteiger partial charge in [-0.05, 0) is 50.6 Å². The number of ether oxygens (including phenoxy) is 1. The molecule has 3 aromatic rings. The summed E-state index contributed by atoms with van der Waals surface area (Å²) in [7, 11) is 0. The molecule has 186 valence electrons. The number of hydrogen-bond acceptors (Lipinski definition) is 5. The fourth-order valence-corrected chi connectivity index (χ4v) is 5.42. The van der Waals surface area contributed by atoms with E-state index in [0.717, 1.165) is 11.1 Å². The van der Waals surface area contributed by atoms with Crippen molar-refractivity contribution in [2.45, 2.75) is 26.8 Å². The number of fused-ring (bicyclic) bond motifs is 1. The summed E-state index contributed by atoms with van der Waals surface area (Å²) in [5.41, 5.74) is 2.47. The molecule has 0 N–H and O–H groups in total. The molecule has 0 spiro atoms. The molecule has 36 heavy (non-hydrogen) atoms. The molecular weight excluding hydrogens is 494 g/mol. The van der Waals surface area contributed by atoms with Crippen LogP contribution in [-0.2, 0) is 4.79 Å². The monoisotopic (exact) mass is 521 g/mol. The highest BCUT2D eigenvalue weighted by Gasteiger charge is 2.34. The molecule has 4 rings (SSSR count). The molecule has 8 heteroatoms. The van der Waals surface area contributed by atoms with Crippen LogP contribution in [0.15, 0.2) is 82.2 Å². The third kappa shape index (κ3) is 4.94. The third-order valence-electron chi connectivity index (χ3n) is 6.05. The second-order valence-corrected chi connectivity index (χ2v) is 9.69. The first-order valence-corrected chi connectivity index (χ1v) is 13.0. The van der Waals surface area contributed by atoms with Crippen molar-refractivity contribution in [1.29, 1.82) is 0 Å². The Morgan fingerprint density at radius 2 is 1.89 bits per heavy atom. The highest BCUT2D eigenvalue weighted by atomic mass is 35.5. The lowest BCUT2D eigenvalue weighted by molar-refractivity contribution is -0.127. The second kappa shape index (κ2) is 11.1. The summed E-state index contributed by atoms with van der Waals surface area (Å²) in [5.74, 6) is 0.532. The number of benzene rings is 2.